The zero-order valence-electron chi connectivity index (χ0n) is 9.42. The Hall–Kier alpha value is -1.02. The van der Waals surface area contributed by atoms with Gasteiger partial charge in [0.1, 0.15) is 11.5 Å². The predicted molar refractivity (Wildman–Crippen MR) is 61.6 cm³/mol. The molecule has 2 nitrogen and oxygen atoms in total. The lowest BCUT2D eigenvalue weighted by Crippen LogP contribution is -2.09. The summed E-state index contributed by atoms with van der Waals surface area (Å²) in [5.41, 5.74) is 5.53. The van der Waals surface area contributed by atoms with Gasteiger partial charge in [0.2, 0.25) is 0 Å². The van der Waals surface area contributed by atoms with Crippen molar-refractivity contribution in [1.29, 1.82) is 0 Å². The van der Waals surface area contributed by atoms with E-state index in [1.165, 1.54) is 0 Å². The standard InChI is InChI=1S/C12H21NO/c1-5-7-11(4)14-12(6-2)8-10(3)9-13/h5,7-8,10H,4,6,9,13H2,1-3H3/b7-5+,12-8+. The van der Waals surface area contributed by atoms with Crippen molar-refractivity contribution in [2.45, 2.75) is 27.2 Å². The molecular formula is C12H21NO. The predicted octanol–water partition coefficient (Wildman–Crippen LogP) is 2.98. The number of allylic oxidation sites excluding steroid dienone is 3. The zero-order chi connectivity index (χ0) is 11.0. The van der Waals surface area contributed by atoms with E-state index in [9.17, 15) is 0 Å². The van der Waals surface area contributed by atoms with Crippen molar-refractivity contribution < 1.29 is 4.74 Å². The van der Waals surface area contributed by atoms with Gasteiger partial charge in [-0.3, -0.25) is 0 Å². The van der Waals surface area contributed by atoms with Crippen molar-refractivity contribution in [2.24, 2.45) is 11.7 Å². The van der Waals surface area contributed by atoms with Crippen LogP contribution in [0, 0.1) is 5.92 Å². The summed E-state index contributed by atoms with van der Waals surface area (Å²) in [6.45, 7) is 10.5. The van der Waals surface area contributed by atoms with E-state index in [4.69, 9.17) is 10.5 Å². The van der Waals surface area contributed by atoms with E-state index < -0.39 is 0 Å². The first-order valence-corrected chi connectivity index (χ1v) is 5.04. The molecule has 0 rings (SSSR count). The Kier molecular flexibility index (Phi) is 6.85. The topological polar surface area (TPSA) is 35.2 Å². The summed E-state index contributed by atoms with van der Waals surface area (Å²) < 4.78 is 5.54. The van der Waals surface area contributed by atoms with Crippen LogP contribution >= 0.6 is 0 Å². The van der Waals surface area contributed by atoms with Crippen LogP contribution in [0.3, 0.4) is 0 Å². The normalized spacial score (nSPS) is 14.4. The molecule has 80 valence electrons. The Balaban J connectivity index is 4.28. The minimum Gasteiger partial charge on any atom is -0.463 e. The largest absolute Gasteiger partial charge is 0.463 e. The highest BCUT2D eigenvalue weighted by atomic mass is 16.5. The van der Waals surface area contributed by atoms with Crippen LogP contribution in [0.2, 0.25) is 0 Å². The maximum Gasteiger partial charge on any atom is 0.119 e. The van der Waals surface area contributed by atoms with Crippen LogP contribution in [0.4, 0.5) is 0 Å². The van der Waals surface area contributed by atoms with E-state index in [2.05, 4.69) is 26.5 Å². The van der Waals surface area contributed by atoms with Crippen molar-refractivity contribution in [3.63, 3.8) is 0 Å². The molecule has 14 heavy (non-hydrogen) atoms. The Labute approximate surface area is 87.1 Å². The second-order valence-electron chi connectivity index (χ2n) is 3.27. The third-order valence-electron chi connectivity index (χ3n) is 1.81. The van der Waals surface area contributed by atoms with Crippen molar-refractivity contribution in [1.82, 2.24) is 0 Å². The van der Waals surface area contributed by atoms with E-state index in [1.54, 1.807) is 0 Å². The van der Waals surface area contributed by atoms with Crippen molar-refractivity contribution >= 4 is 0 Å². The Morgan fingerprint density at radius 1 is 1.57 bits per heavy atom. The fraction of sp³-hybridized carbons (Fsp3) is 0.500. The van der Waals surface area contributed by atoms with E-state index in [0.29, 0.717) is 18.2 Å². The molecule has 0 aliphatic carbocycles. The Morgan fingerprint density at radius 3 is 2.64 bits per heavy atom. The van der Waals surface area contributed by atoms with Crippen LogP contribution in [0.15, 0.2) is 36.3 Å². The third kappa shape index (κ3) is 5.60. The molecule has 0 aromatic heterocycles. The molecule has 0 saturated carbocycles. The van der Waals surface area contributed by atoms with Crippen molar-refractivity contribution in [2.75, 3.05) is 6.54 Å². The molecule has 0 radical (unpaired) electrons. The second kappa shape index (κ2) is 7.39. The van der Waals surface area contributed by atoms with Gasteiger partial charge >= 0.3 is 0 Å². The number of hydrogen-bond donors (Lipinski definition) is 1. The Bertz CT molecular complexity index is 228. The molecular weight excluding hydrogens is 174 g/mol. The molecule has 1 unspecified atom stereocenters. The monoisotopic (exact) mass is 195 g/mol. The highest BCUT2D eigenvalue weighted by Crippen LogP contribution is 2.12. The maximum atomic E-state index is 5.54. The second-order valence-corrected chi connectivity index (χ2v) is 3.27. The molecule has 0 heterocycles. The van der Waals surface area contributed by atoms with Crippen LogP contribution < -0.4 is 5.73 Å². The minimum atomic E-state index is 0.350. The van der Waals surface area contributed by atoms with Crippen molar-refractivity contribution in [3.8, 4) is 0 Å². The summed E-state index contributed by atoms with van der Waals surface area (Å²) >= 11 is 0. The molecule has 1 atom stereocenters. The highest BCUT2D eigenvalue weighted by molar-refractivity contribution is 5.10. The average molecular weight is 195 g/mol. The average Bonchev–Trinajstić information content (AvgIpc) is 2.16. The summed E-state index contributed by atoms with van der Waals surface area (Å²) in [6.07, 6.45) is 6.66. The highest BCUT2D eigenvalue weighted by Gasteiger charge is 2.00. The molecule has 0 aliphatic rings. The first-order chi connectivity index (χ1) is 6.63. The van der Waals surface area contributed by atoms with Crippen LogP contribution in [-0.4, -0.2) is 6.54 Å². The smallest absolute Gasteiger partial charge is 0.119 e. The van der Waals surface area contributed by atoms with Gasteiger partial charge in [0, 0.05) is 6.42 Å². The van der Waals surface area contributed by atoms with Crippen LogP contribution in [0.1, 0.15) is 27.2 Å². The lowest BCUT2D eigenvalue weighted by molar-refractivity contribution is 0.305. The molecule has 2 heteroatoms. The summed E-state index contributed by atoms with van der Waals surface area (Å²) in [6, 6.07) is 0. The van der Waals surface area contributed by atoms with Gasteiger partial charge in [0.15, 0.2) is 0 Å². The summed E-state index contributed by atoms with van der Waals surface area (Å²) in [4.78, 5) is 0. The number of ether oxygens (including phenoxy) is 1. The number of nitrogens with two attached hydrogens (primary N) is 1. The summed E-state index contributed by atoms with van der Waals surface area (Å²) in [5, 5.41) is 0. The van der Waals surface area contributed by atoms with E-state index >= 15 is 0 Å². The van der Waals surface area contributed by atoms with Gasteiger partial charge in [-0.05, 0) is 31.5 Å². The van der Waals surface area contributed by atoms with Gasteiger partial charge in [0.05, 0.1) is 0 Å². The van der Waals surface area contributed by atoms with Gasteiger partial charge in [-0.2, -0.15) is 0 Å². The number of hydrogen-bond acceptors (Lipinski definition) is 2. The molecule has 0 fully saturated rings. The van der Waals surface area contributed by atoms with E-state index in [1.807, 2.05) is 19.1 Å². The van der Waals surface area contributed by atoms with Crippen LogP contribution in [0.25, 0.3) is 0 Å². The van der Waals surface area contributed by atoms with E-state index in [-0.39, 0.29) is 0 Å². The maximum absolute atomic E-state index is 5.54. The SMILES string of the molecule is C=C(/C=C/C)O/C(=C/C(C)CN)CC. The van der Waals surface area contributed by atoms with Crippen LogP contribution in [0.5, 0.6) is 0 Å². The lowest BCUT2D eigenvalue weighted by Gasteiger charge is -2.10. The van der Waals surface area contributed by atoms with Crippen LogP contribution in [-0.2, 0) is 4.74 Å². The fourth-order valence-electron chi connectivity index (χ4n) is 0.998. The van der Waals surface area contributed by atoms with Gasteiger partial charge in [-0.25, -0.2) is 0 Å². The molecule has 0 aromatic carbocycles. The molecule has 0 aliphatic heterocycles. The number of rotatable bonds is 6. The molecule has 2 N–H and O–H groups in total. The zero-order valence-corrected chi connectivity index (χ0v) is 9.42. The third-order valence-corrected chi connectivity index (χ3v) is 1.81. The summed E-state index contributed by atoms with van der Waals surface area (Å²) in [7, 11) is 0. The molecule has 0 amide bonds. The van der Waals surface area contributed by atoms with Gasteiger partial charge in [-0.15, -0.1) is 0 Å². The lowest BCUT2D eigenvalue weighted by atomic mass is 10.1. The molecule has 0 saturated heterocycles. The fourth-order valence-corrected chi connectivity index (χ4v) is 0.998. The summed E-state index contributed by atoms with van der Waals surface area (Å²) in [5.74, 6) is 1.96. The van der Waals surface area contributed by atoms with Crippen molar-refractivity contribution in [3.05, 3.63) is 36.3 Å². The first kappa shape index (κ1) is 13.0. The quantitative estimate of drug-likeness (QED) is 0.522. The first-order valence-electron chi connectivity index (χ1n) is 5.04. The molecule has 0 bridgehead atoms. The van der Waals surface area contributed by atoms with E-state index in [0.717, 1.165) is 12.2 Å². The van der Waals surface area contributed by atoms with Gasteiger partial charge in [-0.1, -0.05) is 26.5 Å². The van der Waals surface area contributed by atoms with Gasteiger partial charge < -0.3 is 10.5 Å². The molecule has 0 spiro atoms. The molecule has 0 aromatic rings. The minimum absolute atomic E-state index is 0.350. The Morgan fingerprint density at radius 2 is 2.21 bits per heavy atom. The van der Waals surface area contributed by atoms with Gasteiger partial charge in [0.25, 0.3) is 0 Å².